The predicted molar refractivity (Wildman–Crippen MR) is 127 cm³/mol. The zero-order chi connectivity index (χ0) is 20.9. The van der Waals surface area contributed by atoms with Crippen molar-refractivity contribution < 1.29 is 12.5 Å². The van der Waals surface area contributed by atoms with Gasteiger partial charge in [-0.05, 0) is 39.5 Å². The highest BCUT2D eigenvalue weighted by Gasteiger charge is 2.30. The van der Waals surface area contributed by atoms with Crippen LogP contribution in [0.3, 0.4) is 0 Å². The van der Waals surface area contributed by atoms with E-state index in [0.717, 1.165) is 5.75 Å². The lowest BCUT2D eigenvalue weighted by molar-refractivity contribution is 0.180. The molecule has 1 unspecified atom stereocenters. The number of rotatable bonds is 22. The van der Waals surface area contributed by atoms with Crippen molar-refractivity contribution in [3.05, 3.63) is 0 Å². The minimum Gasteiger partial charge on any atom is -0.293 e. The summed E-state index contributed by atoms with van der Waals surface area (Å²) in [5, 5.41) is 0. The average Bonchev–Trinajstić information content (AvgIpc) is 2.67. The van der Waals surface area contributed by atoms with Gasteiger partial charge in [0.25, 0.3) is 0 Å². The summed E-state index contributed by atoms with van der Waals surface area (Å²) in [4.78, 5) is 0. The molecule has 0 bridgehead atoms. The molecule has 0 N–H and O–H groups in total. The van der Waals surface area contributed by atoms with Crippen LogP contribution in [0.2, 0.25) is 0 Å². The quantitative estimate of drug-likeness (QED) is 0.164. The van der Waals surface area contributed by atoms with Crippen LogP contribution in [0.15, 0.2) is 0 Å². The first-order valence-electron chi connectivity index (χ1n) is 12.4. The molecular weight excluding hydrogens is 368 g/mol. The summed E-state index contributed by atoms with van der Waals surface area (Å²) < 4.78 is 18.2. The molecule has 0 aliphatic carbocycles. The third-order valence-electron chi connectivity index (χ3n) is 5.26. The molecule has 0 saturated carbocycles. The highest BCUT2D eigenvalue weighted by Crippen LogP contribution is 2.53. The van der Waals surface area contributed by atoms with Gasteiger partial charge in [0.2, 0.25) is 0 Å². The molecular formula is C24H52O3S. The van der Waals surface area contributed by atoms with E-state index < -0.39 is 10.9 Å². The van der Waals surface area contributed by atoms with Crippen molar-refractivity contribution in [2.75, 3.05) is 25.6 Å². The summed E-state index contributed by atoms with van der Waals surface area (Å²) in [6, 6.07) is 0. The third-order valence-corrected chi connectivity index (χ3v) is 7.93. The molecule has 0 aromatic carbocycles. The smallest absolute Gasteiger partial charge is 0.0890 e. The standard InChI is InChI=1S/C24H52O3S/c1-6-11-13-14-15-16-17-18-20-22-24(21-19-12-7-2)23-28(25-8-3,26-9-4)27-10-5/h24H,6-23H2,1-5H3. The molecule has 0 aliphatic heterocycles. The van der Waals surface area contributed by atoms with E-state index in [1.54, 1.807) is 0 Å². The SMILES string of the molecule is CCCCCCCCCCCC(CCCCC)CS(OCC)(OCC)OCC. The first-order chi connectivity index (χ1) is 13.7. The molecule has 172 valence electrons. The molecule has 0 spiro atoms. The van der Waals surface area contributed by atoms with Crippen LogP contribution in [0.25, 0.3) is 0 Å². The third kappa shape index (κ3) is 15.1. The molecule has 0 amide bonds. The Morgan fingerprint density at radius 3 is 1.29 bits per heavy atom. The maximum absolute atomic E-state index is 6.08. The van der Waals surface area contributed by atoms with Gasteiger partial charge in [-0.1, -0.05) is 90.9 Å². The topological polar surface area (TPSA) is 27.7 Å². The van der Waals surface area contributed by atoms with Crippen molar-refractivity contribution in [2.24, 2.45) is 5.92 Å². The molecule has 4 heteroatoms. The molecule has 0 radical (unpaired) electrons. The number of hydrogen-bond acceptors (Lipinski definition) is 3. The largest absolute Gasteiger partial charge is 0.293 e. The lowest BCUT2D eigenvalue weighted by Gasteiger charge is -2.39. The second-order valence-electron chi connectivity index (χ2n) is 7.92. The summed E-state index contributed by atoms with van der Waals surface area (Å²) in [6.07, 6.45) is 19.0. The summed E-state index contributed by atoms with van der Waals surface area (Å²) >= 11 is 0. The fourth-order valence-corrected chi connectivity index (χ4v) is 6.29. The van der Waals surface area contributed by atoms with Gasteiger partial charge in [0.15, 0.2) is 0 Å². The number of hydrogen-bond donors (Lipinski definition) is 0. The Balaban J connectivity index is 4.41. The van der Waals surface area contributed by atoms with Crippen molar-refractivity contribution >= 4 is 10.9 Å². The van der Waals surface area contributed by atoms with Gasteiger partial charge in [0, 0.05) is 5.75 Å². The lowest BCUT2D eigenvalue weighted by atomic mass is 9.96. The minimum absolute atomic E-state index is 0.662. The van der Waals surface area contributed by atoms with Crippen LogP contribution in [0.4, 0.5) is 0 Å². The monoisotopic (exact) mass is 420 g/mol. The van der Waals surface area contributed by atoms with Crippen LogP contribution in [0.5, 0.6) is 0 Å². The Labute approximate surface area is 179 Å². The van der Waals surface area contributed by atoms with Crippen LogP contribution in [-0.2, 0) is 12.5 Å². The Bertz CT molecular complexity index is 295. The highest BCUT2D eigenvalue weighted by atomic mass is 32.3. The van der Waals surface area contributed by atoms with Crippen LogP contribution in [-0.4, -0.2) is 25.6 Å². The highest BCUT2D eigenvalue weighted by molar-refractivity contribution is 8.21. The molecule has 0 rings (SSSR count). The number of unbranched alkanes of at least 4 members (excludes halogenated alkanes) is 10. The minimum atomic E-state index is -1.84. The van der Waals surface area contributed by atoms with Crippen LogP contribution in [0.1, 0.15) is 125 Å². The second-order valence-corrected chi connectivity index (χ2v) is 10.1. The van der Waals surface area contributed by atoms with E-state index in [9.17, 15) is 0 Å². The normalized spacial score (nSPS) is 13.8. The van der Waals surface area contributed by atoms with Crippen molar-refractivity contribution in [1.29, 1.82) is 0 Å². The van der Waals surface area contributed by atoms with Gasteiger partial charge in [-0.3, -0.25) is 12.5 Å². The molecule has 0 heterocycles. The van der Waals surface area contributed by atoms with E-state index in [0.29, 0.717) is 25.7 Å². The molecule has 0 aliphatic rings. The molecule has 3 nitrogen and oxygen atoms in total. The van der Waals surface area contributed by atoms with Crippen LogP contribution in [0, 0.1) is 5.92 Å². The fourth-order valence-electron chi connectivity index (χ4n) is 3.81. The molecule has 0 aromatic rings. The van der Waals surface area contributed by atoms with Gasteiger partial charge < -0.3 is 0 Å². The van der Waals surface area contributed by atoms with Crippen molar-refractivity contribution in [3.63, 3.8) is 0 Å². The first-order valence-corrected chi connectivity index (χ1v) is 14.0. The van der Waals surface area contributed by atoms with E-state index in [1.165, 1.54) is 89.9 Å². The van der Waals surface area contributed by atoms with E-state index >= 15 is 0 Å². The molecule has 0 fully saturated rings. The lowest BCUT2D eigenvalue weighted by Crippen LogP contribution is -2.22. The van der Waals surface area contributed by atoms with Gasteiger partial charge in [0.05, 0.1) is 30.7 Å². The van der Waals surface area contributed by atoms with E-state index in [1.807, 2.05) is 20.8 Å². The van der Waals surface area contributed by atoms with Gasteiger partial charge in [0.1, 0.15) is 0 Å². The zero-order valence-corrected chi connectivity index (χ0v) is 20.8. The van der Waals surface area contributed by atoms with Crippen LogP contribution < -0.4 is 0 Å². The van der Waals surface area contributed by atoms with Gasteiger partial charge in [-0.2, -0.15) is 0 Å². The summed E-state index contributed by atoms with van der Waals surface area (Å²) in [7, 11) is -1.84. The van der Waals surface area contributed by atoms with Crippen LogP contribution >= 0.6 is 10.9 Å². The van der Waals surface area contributed by atoms with Crippen molar-refractivity contribution in [1.82, 2.24) is 0 Å². The maximum atomic E-state index is 6.08. The van der Waals surface area contributed by atoms with E-state index in [4.69, 9.17) is 12.5 Å². The molecule has 0 aromatic heterocycles. The summed E-state index contributed by atoms with van der Waals surface area (Å²) in [5.74, 6) is 1.61. The van der Waals surface area contributed by atoms with Crippen molar-refractivity contribution in [2.45, 2.75) is 125 Å². The summed E-state index contributed by atoms with van der Waals surface area (Å²) in [6.45, 7) is 12.7. The maximum Gasteiger partial charge on any atom is 0.0890 e. The molecule has 28 heavy (non-hydrogen) atoms. The van der Waals surface area contributed by atoms with Crippen molar-refractivity contribution in [3.8, 4) is 0 Å². The zero-order valence-electron chi connectivity index (χ0n) is 19.9. The Morgan fingerprint density at radius 1 is 0.500 bits per heavy atom. The predicted octanol–water partition coefficient (Wildman–Crippen LogP) is 8.76. The second kappa shape index (κ2) is 20.5. The van der Waals surface area contributed by atoms with Gasteiger partial charge in [-0.15, -0.1) is 0 Å². The Kier molecular flexibility index (Phi) is 20.7. The van der Waals surface area contributed by atoms with Gasteiger partial charge in [-0.25, -0.2) is 0 Å². The van der Waals surface area contributed by atoms with E-state index in [2.05, 4.69) is 13.8 Å². The fraction of sp³-hybridized carbons (Fsp3) is 1.00. The Morgan fingerprint density at radius 2 is 0.857 bits per heavy atom. The van der Waals surface area contributed by atoms with Gasteiger partial charge >= 0.3 is 0 Å². The summed E-state index contributed by atoms with van der Waals surface area (Å²) in [5.41, 5.74) is 0. The average molecular weight is 421 g/mol. The Hall–Kier alpha value is 0.230. The van der Waals surface area contributed by atoms with E-state index in [-0.39, 0.29) is 0 Å². The first kappa shape index (κ1) is 28.2. The molecule has 0 saturated heterocycles. The molecule has 1 atom stereocenters.